The highest BCUT2D eigenvalue weighted by Gasteiger charge is 2.35. The first-order valence-electron chi connectivity index (χ1n) is 13.4. The van der Waals surface area contributed by atoms with Crippen molar-refractivity contribution in [2.24, 2.45) is 11.8 Å². The van der Waals surface area contributed by atoms with E-state index in [1.54, 1.807) is 31.0 Å². The van der Waals surface area contributed by atoms with Crippen molar-refractivity contribution in [3.05, 3.63) is 36.0 Å². The minimum Gasteiger partial charge on any atom is -0.457 e. The largest absolute Gasteiger partial charge is 0.457 e. The number of aliphatic hydroxyl groups excluding tert-OH is 1. The number of aliphatic hydroxyl groups is 2. The maximum Gasteiger partial charge on any atom is 0.409 e. The number of amides is 1. The van der Waals surface area contributed by atoms with Gasteiger partial charge in [-0.15, -0.1) is 0 Å². The minimum absolute atomic E-state index is 0.0272. The summed E-state index contributed by atoms with van der Waals surface area (Å²) in [6.07, 6.45) is 8.01. The zero-order valence-electron chi connectivity index (χ0n) is 24.0. The van der Waals surface area contributed by atoms with Crippen molar-refractivity contribution in [3.8, 4) is 0 Å². The van der Waals surface area contributed by atoms with Crippen LogP contribution < -0.4 is 0 Å². The van der Waals surface area contributed by atoms with Gasteiger partial charge in [-0.2, -0.15) is 0 Å². The Morgan fingerprint density at radius 2 is 2.00 bits per heavy atom. The van der Waals surface area contributed by atoms with Gasteiger partial charge in [0, 0.05) is 32.4 Å². The molecule has 0 spiro atoms. The van der Waals surface area contributed by atoms with Gasteiger partial charge in [0.25, 0.3) is 0 Å². The highest BCUT2D eigenvalue weighted by atomic mass is 16.6. The molecule has 0 aromatic heterocycles. The Bertz CT molecular complexity index is 863. The Hall–Kier alpha value is -2.65. The maximum absolute atomic E-state index is 12.6. The number of cyclic esters (lactones) is 1. The number of nitrogens with zero attached hydrogens (tertiary/aromatic N) is 1. The van der Waals surface area contributed by atoms with Crippen molar-refractivity contribution >= 4 is 18.0 Å². The molecular formula is C29H47NO8. The topological polar surface area (TPSA) is 123 Å². The van der Waals surface area contributed by atoms with E-state index in [2.05, 4.69) is 6.92 Å². The molecule has 0 radical (unpaired) electrons. The molecule has 216 valence electrons. The van der Waals surface area contributed by atoms with Crippen LogP contribution in [-0.2, 0) is 23.8 Å². The fraction of sp³-hybridized carbons (Fsp3) is 0.690. The molecule has 0 aromatic rings. The summed E-state index contributed by atoms with van der Waals surface area (Å²) in [6.45, 7) is 11.4. The Morgan fingerprint density at radius 1 is 1.32 bits per heavy atom. The number of hydrogen-bond acceptors (Lipinski definition) is 8. The zero-order valence-corrected chi connectivity index (χ0v) is 24.0. The molecule has 0 saturated carbocycles. The molecule has 6 atom stereocenters. The average molecular weight is 538 g/mol. The number of esters is 2. The molecule has 9 nitrogen and oxygen atoms in total. The predicted molar refractivity (Wildman–Crippen MR) is 145 cm³/mol. The van der Waals surface area contributed by atoms with E-state index in [4.69, 9.17) is 14.2 Å². The van der Waals surface area contributed by atoms with Crippen LogP contribution in [0.2, 0.25) is 0 Å². The number of unbranched alkanes of at least 4 members (excludes halogenated alkanes) is 1. The molecule has 1 aliphatic heterocycles. The molecule has 2 N–H and O–H groups in total. The highest BCUT2D eigenvalue weighted by Crippen LogP contribution is 2.27. The van der Waals surface area contributed by atoms with Gasteiger partial charge < -0.3 is 29.3 Å². The lowest BCUT2D eigenvalue weighted by atomic mass is 9.88. The van der Waals surface area contributed by atoms with Gasteiger partial charge in [0.05, 0.1) is 19.1 Å². The number of allylic oxidation sites excluding steroid dienone is 2. The quantitative estimate of drug-likeness (QED) is 0.193. The fourth-order valence-corrected chi connectivity index (χ4v) is 3.98. The molecule has 0 fully saturated rings. The van der Waals surface area contributed by atoms with E-state index in [0.29, 0.717) is 6.54 Å². The summed E-state index contributed by atoms with van der Waals surface area (Å²) in [6, 6.07) is 0. The lowest BCUT2D eigenvalue weighted by Crippen LogP contribution is -2.42. The van der Waals surface area contributed by atoms with Gasteiger partial charge in [-0.05, 0) is 44.8 Å². The van der Waals surface area contributed by atoms with Crippen molar-refractivity contribution in [3.63, 3.8) is 0 Å². The Balaban J connectivity index is 2.99. The first kappa shape index (κ1) is 33.4. The average Bonchev–Trinajstić information content (AvgIpc) is 2.84. The first-order valence-corrected chi connectivity index (χ1v) is 13.4. The number of rotatable bonds is 9. The molecule has 0 saturated heterocycles. The number of ether oxygens (including phenoxy) is 3. The van der Waals surface area contributed by atoms with E-state index in [0.717, 1.165) is 18.4 Å². The van der Waals surface area contributed by atoms with Crippen LogP contribution in [0.3, 0.4) is 0 Å². The third-order valence-corrected chi connectivity index (χ3v) is 6.49. The smallest absolute Gasteiger partial charge is 0.409 e. The van der Waals surface area contributed by atoms with Crippen LogP contribution in [0, 0.1) is 11.8 Å². The second-order valence-corrected chi connectivity index (χ2v) is 10.6. The van der Waals surface area contributed by atoms with Crippen LogP contribution in [0.4, 0.5) is 4.79 Å². The SMILES string of the molecule is CCCCN(C)C(=O)OC[C@@H](C)/C=C/C=C(\C)[C@H]1OC(=O)C[C@@H](O)CC[C@](C)(O)[C@@H](OC(C)=O)/C=C\[C@@H]1C. The standard InChI is InChI=1S/C29H47NO8/c1-8-9-17-30(7)28(34)36-19-20(2)11-10-12-21(3)27-22(4)13-14-25(37-23(5)31)29(6,35)16-15-24(32)18-26(33)38-27/h10-14,20,22,24-25,27,32,35H,8-9,15-19H2,1-7H3/b11-10+,14-13-,21-12+/t20-,22-,24-,25-,27+,29-/m0/s1. The molecular weight excluding hydrogens is 490 g/mol. The van der Waals surface area contributed by atoms with E-state index in [1.165, 1.54) is 6.92 Å². The normalized spacial score (nSPS) is 29.0. The Kier molecular flexibility index (Phi) is 14.4. The van der Waals surface area contributed by atoms with Gasteiger partial charge in [0.15, 0.2) is 0 Å². The molecule has 0 aromatic carbocycles. The van der Waals surface area contributed by atoms with Crippen LogP contribution in [0.25, 0.3) is 0 Å². The molecule has 1 amide bonds. The predicted octanol–water partition coefficient (Wildman–Crippen LogP) is 4.33. The number of hydrogen-bond donors (Lipinski definition) is 2. The molecule has 0 aliphatic carbocycles. The summed E-state index contributed by atoms with van der Waals surface area (Å²) < 4.78 is 16.4. The van der Waals surface area contributed by atoms with Gasteiger partial charge in [-0.25, -0.2) is 4.79 Å². The van der Waals surface area contributed by atoms with Gasteiger partial charge in [0.1, 0.15) is 17.8 Å². The molecule has 9 heteroatoms. The highest BCUT2D eigenvalue weighted by molar-refractivity contribution is 5.70. The Morgan fingerprint density at radius 3 is 2.63 bits per heavy atom. The number of carbonyl (C=O) groups is 3. The van der Waals surface area contributed by atoms with Crippen molar-refractivity contribution in [2.45, 2.75) is 97.6 Å². The first-order chi connectivity index (χ1) is 17.8. The molecule has 1 aliphatic rings. The van der Waals surface area contributed by atoms with Crippen molar-refractivity contribution < 1.29 is 38.8 Å². The summed E-state index contributed by atoms with van der Waals surface area (Å²) in [5.74, 6) is -1.41. The third kappa shape index (κ3) is 12.3. The van der Waals surface area contributed by atoms with Crippen molar-refractivity contribution in [2.75, 3.05) is 20.2 Å². The van der Waals surface area contributed by atoms with E-state index in [1.807, 2.05) is 39.0 Å². The van der Waals surface area contributed by atoms with E-state index in [9.17, 15) is 24.6 Å². The number of carbonyl (C=O) groups excluding carboxylic acids is 3. The molecule has 1 heterocycles. The van der Waals surface area contributed by atoms with Crippen LogP contribution in [0.5, 0.6) is 0 Å². The van der Waals surface area contributed by atoms with Crippen LogP contribution in [0.15, 0.2) is 36.0 Å². The van der Waals surface area contributed by atoms with Gasteiger partial charge in [-0.1, -0.05) is 51.5 Å². The molecule has 1 rings (SSSR count). The van der Waals surface area contributed by atoms with Crippen LogP contribution in [-0.4, -0.2) is 77.3 Å². The molecule has 0 unspecified atom stereocenters. The summed E-state index contributed by atoms with van der Waals surface area (Å²) in [5.41, 5.74) is -0.656. The summed E-state index contributed by atoms with van der Waals surface area (Å²) in [7, 11) is 1.72. The van der Waals surface area contributed by atoms with E-state index < -0.39 is 35.9 Å². The second-order valence-electron chi connectivity index (χ2n) is 10.6. The summed E-state index contributed by atoms with van der Waals surface area (Å²) in [5, 5.41) is 21.2. The van der Waals surface area contributed by atoms with Crippen LogP contribution >= 0.6 is 0 Å². The van der Waals surface area contributed by atoms with E-state index >= 15 is 0 Å². The fourth-order valence-electron chi connectivity index (χ4n) is 3.98. The van der Waals surface area contributed by atoms with Crippen molar-refractivity contribution in [1.82, 2.24) is 4.90 Å². The zero-order chi connectivity index (χ0) is 28.9. The minimum atomic E-state index is -1.42. The van der Waals surface area contributed by atoms with E-state index in [-0.39, 0.29) is 43.8 Å². The van der Waals surface area contributed by atoms with Crippen molar-refractivity contribution in [1.29, 1.82) is 0 Å². The molecule has 0 bridgehead atoms. The van der Waals surface area contributed by atoms with Gasteiger partial charge in [-0.3, -0.25) is 9.59 Å². The van der Waals surface area contributed by atoms with Gasteiger partial charge in [0.2, 0.25) is 0 Å². The van der Waals surface area contributed by atoms with Gasteiger partial charge >= 0.3 is 18.0 Å². The lowest BCUT2D eigenvalue weighted by Gasteiger charge is -2.32. The molecule has 38 heavy (non-hydrogen) atoms. The van der Waals surface area contributed by atoms with Crippen LogP contribution in [0.1, 0.15) is 73.6 Å². The summed E-state index contributed by atoms with van der Waals surface area (Å²) in [4.78, 5) is 37.8. The second kappa shape index (κ2) is 16.3. The monoisotopic (exact) mass is 537 g/mol. The Labute approximate surface area is 227 Å². The maximum atomic E-state index is 12.6. The lowest BCUT2D eigenvalue weighted by molar-refractivity contribution is -0.157. The summed E-state index contributed by atoms with van der Waals surface area (Å²) >= 11 is 0. The third-order valence-electron chi connectivity index (χ3n) is 6.49.